The summed E-state index contributed by atoms with van der Waals surface area (Å²) in [4.78, 5) is 18.2. The molecule has 2 aromatic rings. The first-order valence-electron chi connectivity index (χ1n) is 8.48. The van der Waals surface area contributed by atoms with Gasteiger partial charge in [-0.25, -0.2) is 0 Å². The van der Waals surface area contributed by atoms with Crippen LogP contribution in [-0.4, -0.2) is 44.5 Å². The van der Waals surface area contributed by atoms with Crippen molar-refractivity contribution in [3.05, 3.63) is 65.7 Å². The van der Waals surface area contributed by atoms with Gasteiger partial charge < -0.3 is 20.3 Å². The smallest absolute Gasteiger partial charge is 0.239 e. The molecule has 6 nitrogen and oxygen atoms in total. The Morgan fingerprint density at radius 2 is 1.74 bits per heavy atom. The molecule has 0 saturated heterocycles. The monoisotopic (exact) mass is 482 g/mol. The third-order valence-electron chi connectivity index (χ3n) is 3.91. The summed E-state index contributed by atoms with van der Waals surface area (Å²) in [5.41, 5.74) is 2.12. The van der Waals surface area contributed by atoms with Crippen molar-refractivity contribution in [2.24, 2.45) is 4.99 Å². The second-order valence-electron chi connectivity index (χ2n) is 5.83. The van der Waals surface area contributed by atoms with Crippen molar-refractivity contribution < 1.29 is 9.53 Å². The maximum atomic E-state index is 12.1. The maximum Gasteiger partial charge on any atom is 0.239 e. The lowest BCUT2D eigenvalue weighted by atomic mass is 10.2. The van der Waals surface area contributed by atoms with Crippen LogP contribution in [0.25, 0.3) is 0 Å². The third-order valence-corrected chi connectivity index (χ3v) is 3.91. The summed E-state index contributed by atoms with van der Waals surface area (Å²) in [6.45, 7) is 1.29. The fraction of sp³-hybridized carbons (Fsp3) is 0.300. The average molecular weight is 482 g/mol. The van der Waals surface area contributed by atoms with E-state index in [-0.39, 0.29) is 36.4 Å². The Balaban J connectivity index is 0.00000364. The van der Waals surface area contributed by atoms with Gasteiger partial charge in [-0.15, -0.1) is 24.0 Å². The molecule has 0 aliphatic heterocycles. The van der Waals surface area contributed by atoms with E-state index in [1.54, 1.807) is 14.2 Å². The van der Waals surface area contributed by atoms with E-state index in [4.69, 9.17) is 4.74 Å². The molecular weight excluding hydrogens is 455 g/mol. The van der Waals surface area contributed by atoms with Crippen molar-refractivity contribution >= 4 is 35.8 Å². The highest BCUT2D eigenvalue weighted by atomic mass is 127. The molecule has 0 heterocycles. The standard InChI is InChI=1S/C20H26N4O2.HI/c1-21-20(24(2)15-17-11-7-8-12-18(17)26-3)23-14-19(25)22-13-16-9-5-4-6-10-16;/h4-12H,13-15H2,1-3H3,(H,21,23)(H,22,25);1H. The van der Waals surface area contributed by atoms with E-state index in [9.17, 15) is 4.79 Å². The zero-order valence-electron chi connectivity index (χ0n) is 15.9. The topological polar surface area (TPSA) is 66.0 Å². The highest BCUT2D eigenvalue weighted by molar-refractivity contribution is 14.0. The first kappa shape index (κ1) is 22.8. The van der Waals surface area contributed by atoms with Crippen LogP contribution in [0, 0.1) is 0 Å². The number of ether oxygens (including phenoxy) is 1. The summed E-state index contributed by atoms with van der Waals surface area (Å²) in [6, 6.07) is 17.7. The van der Waals surface area contributed by atoms with Crippen molar-refractivity contribution in [3.63, 3.8) is 0 Å². The summed E-state index contributed by atoms with van der Waals surface area (Å²) in [5, 5.41) is 5.98. The molecule has 0 bridgehead atoms. The summed E-state index contributed by atoms with van der Waals surface area (Å²) in [6.07, 6.45) is 0. The molecule has 2 N–H and O–H groups in total. The predicted molar refractivity (Wildman–Crippen MR) is 120 cm³/mol. The Labute approximate surface area is 178 Å². The highest BCUT2D eigenvalue weighted by Crippen LogP contribution is 2.18. The van der Waals surface area contributed by atoms with Crippen LogP contribution in [0.1, 0.15) is 11.1 Å². The number of aliphatic imine (C=N–C) groups is 1. The third kappa shape index (κ3) is 7.46. The second-order valence-corrected chi connectivity index (χ2v) is 5.83. The molecule has 2 rings (SSSR count). The van der Waals surface area contributed by atoms with E-state index in [1.165, 1.54) is 0 Å². The number of carbonyl (C=O) groups excluding carboxylic acids is 1. The first-order valence-corrected chi connectivity index (χ1v) is 8.48. The van der Waals surface area contributed by atoms with E-state index in [1.807, 2.05) is 66.5 Å². The Morgan fingerprint density at radius 3 is 2.41 bits per heavy atom. The van der Waals surface area contributed by atoms with E-state index in [2.05, 4.69) is 15.6 Å². The molecule has 1 amide bonds. The number of methoxy groups -OCH3 is 1. The molecule has 7 heteroatoms. The molecule has 0 radical (unpaired) electrons. The number of halogens is 1. The number of hydrogen-bond donors (Lipinski definition) is 2. The summed E-state index contributed by atoms with van der Waals surface area (Å²) < 4.78 is 5.38. The molecule has 0 saturated carbocycles. The number of amides is 1. The van der Waals surface area contributed by atoms with Crippen LogP contribution in [0.5, 0.6) is 5.75 Å². The van der Waals surface area contributed by atoms with Gasteiger partial charge in [-0.05, 0) is 11.6 Å². The molecule has 146 valence electrons. The van der Waals surface area contributed by atoms with Crippen molar-refractivity contribution in [1.82, 2.24) is 15.5 Å². The van der Waals surface area contributed by atoms with Gasteiger partial charge in [-0.2, -0.15) is 0 Å². The number of benzene rings is 2. The summed E-state index contributed by atoms with van der Waals surface area (Å²) in [7, 11) is 5.27. The molecular formula is C20H27IN4O2. The van der Waals surface area contributed by atoms with Gasteiger partial charge in [0, 0.05) is 32.7 Å². The minimum Gasteiger partial charge on any atom is -0.496 e. The van der Waals surface area contributed by atoms with Gasteiger partial charge in [0.15, 0.2) is 5.96 Å². The normalized spacial score (nSPS) is 10.6. The quantitative estimate of drug-likeness (QED) is 0.362. The largest absolute Gasteiger partial charge is 0.496 e. The van der Waals surface area contributed by atoms with Gasteiger partial charge >= 0.3 is 0 Å². The zero-order chi connectivity index (χ0) is 18.8. The van der Waals surface area contributed by atoms with Crippen LogP contribution in [0.2, 0.25) is 0 Å². The molecule has 2 aromatic carbocycles. The number of para-hydroxylation sites is 1. The lowest BCUT2D eigenvalue weighted by Gasteiger charge is -2.23. The number of carbonyl (C=O) groups is 1. The number of hydrogen-bond acceptors (Lipinski definition) is 3. The molecule has 27 heavy (non-hydrogen) atoms. The van der Waals surface area contributed by atoms with Crippen LogP contribution in [0.4, 0.5) is 0 Å². The Kier molecular flexibility index (Phi) is 10.2. The van der Waals surface area contributed by atoms with Gasteiger partial charge in [0.05, 0.1) is 13.7 Å². The molecule has 0 aliphatic carbocycles. The number of nitrogens with one attached hydrogen (secondary N) is 2. The van der Waals surface area contributed by atoms with Gasteiger partial charge in [0.2, 0.25) is 5.91 Å². The SMILES string of the molecule is CN=C(NCC(=O)NCc1ccccc1)N(C)Cc1ccccc1OC.I. The van der Waals surface area contributed by atoms with Crippen molar-refractivity contribution in [3.8, 4) is 5.75 Å². The van der Waals surface area contributed by atoms with E-state index in [0.29, 0.717) is 19.0 Å². The molecule has 0 spiro atoms. The maximum absolute atomic E-state index is 12.1. The molecule has 0 aromatic heterocycles. The minimum absolute atomic E-state index is 0. The lowest BCUT2D eigenvalue weighted by molar-refractivity contribution is -0.120. The van der Waals surface area contributed by atoms with Gasteiger partial charge in [-0.1, -0.05) is 48.5 Å². The highest BCUT2D eigenvalue weighted by Gasteiger charge is 2.11. The van der Waals surface area contributed by atoms with Crippen molar-refractivity contribution in [2.45, 2.75) is 13.1 Å². The van der Waals surface area contributed by atoms with E-state index < -0.39 is 0 Å². The van der Waals surface area contributed by atoms with Gasteiger partial charge in [-0.3, -0.25) is 9.79 Å². The van der Waals surface area contributed by atoms with Crippen LogP contribution >= 0.6 is 24.0 Å². The fourth-order valence-corrected chi connectivity index (χ4v) is 2.57. The van der Waals surface area contributed by atoms with Crippen LogP contribution in [0.15, 0.2) is 59.6 Å². The van der Waals surface area contributed by atoms with Crippen LogP contribution in [0.3, 0.4) is 0 Å². The molecule has 0 atom stereocenters. The number of nitrogens with zero attached hydrogens (tertiary/aromatic N) is 2. The Hall–Kier alpha value is -2.29. The summed E-state index contributed by atoms with van der Waals surface area (Å²) in [5.74, 6) is 1.39. The van der Waals surface area contributed by atoms with Gasteiger partial charge in [0.25, 0.3) is 0 Å². The fourth-order valence-electron chi connectivity index (χ4n) is 2.57. The molecule has 0 aliphatic rings. The minimum atomic E-state index is -0.0827. The number of guanidine groups is 1. The molecule has 0 fully saturated rings. The average Bonchev–Trinajstić information content (AvgIpc) is 2.68. The summed E-state index contributed by atoms with van der Waals surface area (Å²) >= 11 is 0. The van der Waals surface area contributed by atoms with Crippen LogP contribution < -0.4 is 15.4 Å². The lowest BCUT2D eigenvalue weighted by Crippen LogP contribution is -2.43. The van der Waals surface area contributed by atoms with Crippen LogP contribution in [-0.2, 0) is 17.9 Å². The van der Waals surface area contributed by atoms with Gasteiger partial charge in [0.1, 0.15) is 5.75 Å². The predicted octanol–water partition coefficient (Wildman–Crippen LogP) is 2.64. The number of rotatable bonds is 7. The van der Waals surface area contributed by atoms with E-state index in [0.717, 1.165) is 16.9 Å². The second kappa shape index (κ2) is 12.2. The Bertz CT molecular complexity index is 738. The van der Waals surface area contributed by atoms with E-state index >= 15 is 0 Å². The molecule has 0 unspecified atom stereocenters. The van der Waals surface area contributed by atoms with Crippen molar-refractivity contribution in [1.29, 1.82) is 0 Å². The zero-order valence-corrected chi connectivity index (χ0v) is 18.3. The first-order chi connectivity index (χ1) is 12.6. The Morgan fingerprint density at radius 1 is 1.07 bits per heavy atom. The van der Waals surface area contributed by atoms with Crippen molar-refractivity contribution in [2.75, 3.05) is 27.7 Å².